The third-order valence-corrected chi connectivity index (χ3v) is 1.94. The fourth-order valence-electron chi connectivity index (χ4n) is 1.32. The molecule has 0 amide bonds. The Kier molecular flexibility index (Phi) is 7.61. The topological polar surface area (TPSA) is 12.9 Å². The van der Waals surface area contributed by atoms with E-state index in [1.54, 1.807) is 0 Å². The van der Waals surface area contributed by atoms with Crippen molar-refractivity contribution in [3.63, 3.8) is 0 Å². The van der Waals surface area contributed by atoms with Gasteiger partial charge in [0, 0.05) is 11.9 Å². The van der Waals surface area contributed by atoms with Gasteiger partial charge in [-0.2, -0.15) is 0 Å². The van der Waals surface area contributed by atoms with Gasteiger partial charge < -0.3 is 0 Å². The molecule has 84 valence electrons. The SMILES string of the molecule is CC/C=C(/C)c1cccnc1C.CCC. The van der Waals surface area contributed by atoms with Gasteiger partial charge >= 0.3 is 0 Å². The third kappa shape index (κ3) is 5.36. The molecule has 0 fully saturated rings. The number of rotatable bonds is 2. The molecule has 1 rings (SSSR count). The fourth-order valence-corrected chi connectivity index (χ4v) is 1.32. The Morgan fingerprint density at radius 2 is 1.93 bits per heavy atom. The minimum Gasteiger partial charge on any atom is -0.261 e. The second-order valence-corrected chi connectivity index (χ2v) is 3.64. The molecule has 1 nitrogen and oxygen atoms in total. The second kappa shape index (κ2) is 8.22. The lowest BCUT2D eigenvalue weighted by Crippen LogP contribution is -1.88. The largest absolute Gasteiger partial charge is 0.261 e. The van der Waals surface area contributed by atoms with Crippen LogP contribution in [0.5, 0.6) is 0 Å². The van der Waals surface area contributed by atoms with Gasteiger partial charge in [0.25, 0.3) is 0 Å². The lowest BCUT2D eigenvalue weighted by molar-refractivity contribution is 1.09. The summed E-state index contributed by atoms with van der Waals surface area (Å²) in [5, 5.41) is 0. The van der Waals surface area contributed by atoms with E-state index in [-0.39, 0.29) is 0 Å². The Hall–Kier alpha value is -1.11. The van der Waals surface area contributed by atoms with Crippen molar-refractivity contribution in [3.8, 4) is 0 Å². The predicted molar refractivity (Wildman–Crippen MR) is 68.9 cm³/mol. The molecule has 0 atom stereocenters. The Balaban J connectivity index is 0.000000583. The minimum atomic E-state index is 1.08. The summed E-state index contributed by atoms with van der Waals surface area (Å²) in [5.74, 6) is 0. The Bertz CT molecular complexity index is 300. The first kappa shape index (κ1) is 13.9. The molecule has 0 aliphatic carbocycles. The number of pyridine rings is 1. The maximum Gasteiger partial charge on any atom is 0.0447 e. The molecule has 1 heterocycles. The van der Waals surface area contributed by atoms with Crippen molar-refractivity contribution in [1.82, 2.24) is 4.98 Å². The molecule has 0 aliphatic rings. The van der Waals surface area contributed by atoms with E-state index in [4.69, 9.17) is 0 Å². The molecule has 0 N–H and O–H groups in total. The van der Waals surface area contributed by atoms with Crippen LogP contribution in [0.4, 0.5) is 0 Å². The highest BCUT2D eigenvalue weighted by Gasteiger charge is 1.98. The van der Waals surface area contributed by atoms with Gasteiger partial charge in [-0.25, -0.2) is 0 Å². The molecule has 1 heteroatoms. The van der Waals surface area contributed by atoms with E-state index < -0.39 is 0 Å². The third-order valence-electron chi connectivity index (χ3n) is 1.94. The molecule has 0 unspecified atom stereocenters. The Morgan fingerprint density at radius 1 is 1.33 bits per heavy atom. The first-order chi connectivity index (χ1) is 7.17. The monoisotopic (exact) mass is 205 g/mol. The van der Waals surface area contributed by atoms with Crippen molar-refractivity contribution in [2.24, 2.45) is 0 Å². The van der Waals surface area contributed by atoms with E-state index in [9.17, 15) is 0 Å². The van der Waals surface area contributed by atoms with Gasteiger partial charge in [0.1, 0.15) is 0 Å². The molecule has 0 spiro atoms. The summed E-state index contributed by atoms with van der Waals surface area (Å²) >= 11 is 0. The Labute approximate surface area is 94.3 Å². The molecule has 0 bridgehead atoms. The summed E-state index contributed by atoms with van der Waals surface area (Å²) in [4.78, 5) is 4.24. The second-order valence-electron chi connectivity index (χ2n) is 3.64. The average molecular weight is 205 g/mol. The van der Waals surface area contributed by atoms with Gasteiger partial charge in [-0.15, -0.1) is 0 Å². The normalized spacial score (nSPS) is 10.6. The summed E-state index contributed by atoms with van der Waals surface area (Å²) in [6.07, 6.45) is 6.39. The molecular formula is C14H23N. The molecule has 0 aliphatic heterocycles. The molecule has 0 aromatic carbocycles. The zero-order chi connectivity index (χ0) is 11.7. The van der Waals surface area contributed by atoms with Gasteiger partial charge in [-0.05, 0) is 37.5 Å². The van der Waals surface area contributed by atoms with Crippen LogP contribution in [0.3, 0.4) is 0 Å². The summed E-state index contributed by atoms with van der Waals surface area (Å²) in [6.45, 7) is 10.6. The summed E-state index contributed by atoms with van der Waals surface area (Å²) in [6, 6.07) is 4.10. The van der Waals surface area contributed by atoms with Crippen LogP contribution in [0, 0.1) is 6.92 Å². The van der Waals surface area contributed by atoms with Gasteiger partial charge in [0.2, 0.25) is 0 Å². The van der Waals surface area contributed by atoms with E-state index in [0.717, 1.165) is 12.1 Å². The van der Waals surface area contributed by atoms with Crippen LogP contribution in [0.25, 0.3) is 5.57 Å². The minimum absolute atomic E-state index is 1.08. The molecule has 1 aromatic rings. The average Bonchev–Trinajstić information content (AvgIpc) is 2.20. The van der Waals surface area contributed by atoms with Crippen molar-refractivity contribution >= 4 is 5.57 Å². The van der Waals surface area contributed by atoms with Gasteiger partial charge in [0.15, 0.2) is 0 Å². The van der Waals surface area contributed by atoms with Crippen molar-refractivity contribution in [2.75, 3.05) is 0 Å². The maximum absolute atomic E-state index is 4.24. The zero-order valence-corrected chi connectivity index (χ0v) is 10.7. The van der Waals surface area contributed by atoms with Crippen LogP contribution >= 0.6 is 0 Å². The van der Waals surface area contributed by atoms with E-state index in [1.807, 2.05) is 19.2 Å². The number of hydrogen-bond acceptors (Lipinski definition) is 1. The van der Waals surface area contributed by atoms with Crippen LogP contribution in [0.2, 0.25) is 0 Å². The zero-order valence-electron chi connectivity index (χ0n) is 10.7. The number of aryl methyl sites for hydroxylation is 1. The quantitative estimate of drug-likeness (QED) is 0.686. The summed E-state index contributed by atoms with van der Waals surface area (Å²) in [5.41, 5.74) is 3.70. The fraction of sp³-hybridized carbons (Fsp3) is 0.500. The number of hydrogen-bond donors (Lipinski definition) is 0. The van der Waals surface area contributed by atoms with E-state index in [2.05, 4.69) is 44.8 Å². The van der Waals surface area contributed by atoms with Crippen molar-refractivity contribution in [1.29, 1.82) is 0 Å². The smallest absolute Gasteiger partial charge is 0.0447 e. The van der Waals surface area contributed by atoms with Crippen molar-refractivity contribution in [3.05, 3.63) is 35.7 Å². The first-order valence-electron chi connectivity index (χ1n) is 5.76. The highest BCUT2D eigenvalue weighted by atomic mass is 14.7. The lowest BCUT2D eigenvalue weighted by atomic mass is 10.1. The molecular weight excluding hydrogens is 182 g/mol. The Morgan fingerprint density at radius 3 is 2.40 bits per heavy atom. The van der Waals surface area contributed by atoms with Crippen LogP contribution in [0.1, 0.15) is 51.8 Å². The highest BCUT2D eigenvalue weighted by molar-refractivity contribution is 5.64. The van der Waals surface area contributed by atoms with E-state index in [1.165, 1.54) is 17.6 Å². The van der Waals surface area contributed by atoms with Gasteiger partial charge in [-0.3, -0.25) is 4.98 Å². The number of nitrogens with zero attached hydrogens (tertiary/aromatic N) is 1. The highest BCUT2D eigenvalue weighted by Crippen LogP contribution is 2.16. The van der Waals surface area contributed by atoms with Crippen LogP contribution in [-0.2, 0) is 0 Å². The summed E-state index contributed by atoms with van der Waals surface area (Å²) in [7, 11) is 0. The lowest BCUT2D eigenvalue weighted by Gasteiger charge is -2.03. The molecule has 0 saturated heterocycles. The summed E-state index contributed by atoms with van der Waals surface area (Å²) < 4.78 is 0. The predicted octanol–water partition coefficient (Wildman–Crippen LogP) is 4.62. The van der Waals surface area contributed by atoms with Crippen molar-refractivity contribution in [2.45, 2.75) is 47.5 Å². The molecule has 1 aromatic heterocycles. The maximum atomic E-state index is 4.24. The van der Waals surface area contributed by atoms with Gasteiger partial charge in [-0.1, -0.05) is 39.3 Å². The molecule has 0 saturated carbocycles. The first-order valence-corrected chi connectivity index (χ1v) is 5.76. The molecule has 15 heavy (non-hydrogen) atoms. The van der Waals surface area contributed by atoms with Crippen molar-refractivity contribution < 1.29 is 0 Å². The number of aromatic nitrogens is 1. The van der Waals surface area contributed by atoms with Crippen LogP contribution in [0.15, 0.2) is 24.4 Å². The van der Waals surface area contributed by atoms with E-state index in [0.29, 0.717) is 0 Å². The standard InChI is InChI=1S/C11H15N.C3H8/c1-4-6-9(2)11-7-5-8-12-10(11)3;1-3-2/h5-8H,4H2,1-3H3;3H2,1-2H3/b9-6-;. The number of allylic oxidation sites excluding steroid dienone is 2. The van der Waals surface area contributed by atoms with Crippen LogP contribution in [-0.4, -0.2) is 4.98 Å². The van der Waals surface area contributed by atoms with Gasteiger partial charge in [0.05, 0.1) is 0 Å². The van der Waals surface area contributed by atoms with E-state index >= 15 is 0 Å². The van der Waals surface area contributed by atoms with Crippen LogP contribution < -0.4 is 0 Å². The molecule has 0 radical (unpaired) electrons.